The average molecular weight is 242 g/mol. The molecule has 0 spiro atoms. The lowest BCUT2D eigenvalue weighted by Gasteiger charge is -2.22. The number of hydrogen-bond acceptors (Lipinski definition) is 4. The van der Waals surface area contributed by atoms with E-state index >= 15 is 0 Å². The summed E-state index contributed by atoms with van der Waals surface area (Å²) >= 11 is 0. The molecule has 3 N–H and O–H groups in total. The molecule has 1 heterocycles. The van der Waals surface area contributed by atoms with E-state index in [2.05, 4.69) is 36.1 Å². The second kappa shape index (κ2) is 4.64. The van der Waals surface area contributed by atoms with Gasteiger partial charge in [0.2, 0.25) is 0 Å². The van der Waals surface area contributed by atoms with E-state index in [4.69, 9.17) is 5.73 Å². The summed E-state index contributed by atoms with van der Waals surface area (Å²) in [6, 6.07) is 7.64. The van der Waals surface area contributed by atoms with Gasteiger partial charge in [-0.2, -0.15) is 0 Å². The lowest BCUT2D eigenvalue weighted by molar-refractivity contribution is 0.630. The van der Waals surface area contributed by atoms with Crippen LogP contribution in [0.15, 0.2) is 36.7 Å². The summed E-state index contributed by atoms with van der Waals surface area (Å²) in [5.41, 5.74) is 8.22. The van der Waals surface area contributed by atoms with Crippen molar-refractivity contribution in [1.82, 2.24) is 9.97 Å². The highest BCUT2D eigenvalue weighted by Gasteiger charge is 2.14. The van der Waals surface area contributed by atoms with E-state index in [0.717, 1.165) is 22.8 Å². The van der Waals surface area contributed by atoms with Crippen LogP contribution < -0.4 is 11.1 Å². The number of benzene rings is 1. The zero-order valence-electron chi connectivity index (χ0n) is 10.9. The van der Waals surface area contributed by atoms with Gasteiger partial charge in [-0.1, -0.05) is 12.1 Å². The van der Waals surface area contributed by atoms with Gasteiger partial charge in [0.05, 0.1) is 0 Å². The predicted octanol–water partition coefficient (Wildman–Crippen LogP) is 2.94. The average Bonchev–Trinajstić information content (AvgIpc) is 2.29. The molecule has 0 radical (unpaired) electrons. The minimum absolute atomic E-state index is 0.0570. The fourth-order valence-electron chi connectivity index (χ4n) is 1.64. The monoisotopic (exact) mass is 242 g/mol. The number of anilines is 2. The van der Waals surface area contributed by atoms with Gasteiger partial charge in [0.1, 0.15) is 5.69 Å². The Morgan fingerprint density at radius 2 is 1.61 bits per heavy atom. The summed E-state index contributed by atoms with van der Waals surface area (Å²) in [7, 11) is 0. The van der Waals surface area contributed by atoms with Crippen LogP contribution in [0.25, 0.3) is 11.3 Å². The predicted molar refractivity (Wildman–Crippen MR) is 75.3 cm³/mol. The van der Waals surface area contributed by atoms with Crippen LogP contribution in [0.4, 0.5) is 11.5 Å². The van der Waals surface area contributed by atoms with E-state index in [1.807, 2.05) is 24.3 Å². The summed E-state index contributed by atoms with van der Waals surface area (Å²) < 4.78 is 0. The van der Waals surface area contributed by atoms with Crippen molar-refractivity contribution in [3.05, 3.63) is 36.7 Å². The number of nitrogens with zero attached hydrogens (tertiary/aromatic N) is 2. The van der Waals surface area contributed by atoms with Crippen molar-refractivity contribution in [1.29, 1.82) is 0 Å². The smallest absolute Gasteiger partial charge is 0.152 e. The molecule has 0 saturated carbocycles. The standard InChI is InChI=1S/C14H18N4/c1-14(2,3)18-13-12(16-8-9-17-13)10-4-6-11(15)7-5-10/h4-9H,15H2,1-3H3,(H,17,18). The summed E-state index contributed by atoms with van der Waals surface area (Å²) in [6.45, 7) is 6.28. The quantitative estimate of drug-likeness (QED) is 0.795. The molecular weight excluding hydrogens is 224 g/mol. The summed E-state index contributed by atoms with van der Waals surface area (Å²) in [6.07, 6.45) is 3.38. The topological polar surface area (TPSA) is 63.8 Å². The first-order chi connectivity index (χ1) is 8.46. The first kappa shape index (κ1) is 12.4. The van der Waals surface area contributed by atoms with Gasteiger partial charge in [-0.15, -0.1) is 0 Å². The minimum atomic E-state index is -0.0570. The lowest BCUT2D eigenvalue weighted by Crippen LogP contribution is -2.27. The van der Waals surface area contributed by atoms with E-state index in [1.54, 1.807) is 12.4 Å². The van der Waals surface area contributed by atoms with Crippen LogP contribution >= 0.6 is 0 Å². The molecule has 0 amide bonds. The van der Waals surface area contributed by atoms with Crippen molar-refractivity contribution in [2.45, 2.75) is 26.3 Å². The fourth-order valence-corrected chi connectivity index (χ4v) is 1.64. The third kappa shape index (κ3) is 2.97. The molecule has 2 rings (SSSR count). The molecule has 4 nitrogen and oxygen atoms in total. The van der Waals surface area contributed by atoms with Crippen molar-refractivity contribution in [3.63, 3.8) is 0 Å². The van der Waals surface area contributed by atoms with Crippen LogP contribution in [0.5, 0.6) is 0 Å². The van der Waals surface area contributed by atoms with Crippen LogP contribution in [0.3, 0.4) is 0 Å². The number of aromatic nitrogens is 2. The Kier molecular flexibility index (Phi) is 3.19. The van der Waals surface area contributed by atoms with Crippen LogP contribution in [-0.4, -0.2) is 15.5 Å². The number of nitrogens with one attached hydrogen (secondary N) is 1. The molecule has 0 fully saturated rings. The molecule has 4 heteroatoms. The fraction of sp³-hybridized carbons (Fsp3) is 0.286. The van der Waals surface area contributed by atoms with E-state index < -0.39 is 0 Å². The molecule has 0 saturated heterocycles. The SMILES string of the molecule is CC(C)(C)Nc1nccnc1-c1ccc(N)cc1. The number of nitrogens with two attached hydrogens (primary N) is 1. The van der Waals surface area contributed by atoms with E-state index in [-0.39, 0.29) is 5.54 Å². The maximum atomic E-state index is 5.69. The molecule has 0 aliphatic heterocycles. The second-order valence-electron chi connectivity index (χ2n) is 5.25. The molecule has 1 aromatic heterocycles. The third-order valence-corrected chi connectivity index (χ3v) is 2.38. The number of hydrogen-bond donors (Lipinski definition) is 2. The molecule has 94 valence electrons. The van der Waals surface area contributed by atoms with Gasteiger partial charge < -0.3 is 11.1 Å². The van der Waals surface area contributed by atoms with Crippen LogP contribution in [-0.2, 0) is 0 Å². The van der Waals surface area contributed by atoms with Gasteiger partial charge in [0, 0.05) is 29.2 Å². The summed E-state index contributed by atoms with van der Waals surface area (Å²) in [4.78, 5) is 8.75. The largest absolute Gasteiger partial charge is 0.399 e. The first-order valence-corrected chi connectivity index (χ1v) is 5.91. The highest BCUT2D eigenvalue weighted by Crippen LogP contribution is 2.26. The summed E-state index contributed by atoms with van der Waals surface area (Å²) in [5.74, 6) is 0.787. The maximum absolute atomic E-state index is 5.69. The van der Waals surface area contributed by atoms with E-state index in [1.165, 1.54) is 0 Å². The van der Waals surface area contributed by atoms with Crippen molar-refractivity contribution < 1.29 is 0 Å². The van der Waals surface area contributed by atoms with Crippen LogP contribution in [0, 0.1) is 0 Å². The van der Waals surface area contributed by atoms with Crippen molar-refractivity contribution in [3.8, 4) is 11.3 Å². The van der Waals surface area contributed by atoms with Gasteiger partial charge in [-0.05, 0) is 32.9 Å². The Hall–Kier alpha value is -2.10. The zero-order valence-corrected chi connectivity index (χ0v) is 10.9. The van der Waals surface area contributed by atoms with E-state index in [9.17, 15) is 0 Å². The lowest BCUT2D eigenvalue weighted by atomic mass is 10.1. The highest BCUT2D eigenvalue weighted by molar-refractivity contribution is 5.72. The van der Waals surface area contributed by atoms with Crippen molar-refractivity contribution in [2.75, 3.05) is 11.1 Å². The molecule has 0 atom stereocenters. The second-order valence-corrected chi connectivity index (χ2v) is 5.25. The molecule has 1 aromatic carbocycles. The molecule has 2 aromatic rings. The van der Waals surface area contributed by atoms with Gasteiger partial charge in [-0.25, -0.2) is 4.98 Å². The Morgan fingerprint density at radius 1 is 1.00 bits per heavy atom. The van der Waals surface area contributed by atoms with Crippen molar-refractivity contribution >= 4 is 11.5 Å². The first-order valence-electron chi connectivity index (χ1n) is 5.91. The Morgan fingerprint density at radius 3 is 2.22 bits per heavy atom. The third-order valence-electron chi connectivity index (χ3n) is 2.38. The Bertz CT molecular complexity index is 526. The van der Waals surface area contributed by atoms with Gasteiger partial charge in [0.15, 0.2) is 5.82 Å². The van der Waals surface area contributed by atoms with Crippen molar-refractivity contribution in [2.24, 2.45) is 0 Å². The molecule has 18 heavy (non-hydrogen) atoms. The van der Waals surface area contributed by atoms with Gasteiger partial charge in [-0.3, -0.25) is 4.98 Å². The minimum Gasteiger partial charge on any atom is -0.399 e. The summed E-state index contributed by atoms with van der Waals surface area (Å²) in [5, 5.41) is 3.36. The molecule has 0 aliphatic rings. The molecule has 0 bridgehead atoms. The number of rotatable bonds is 2. The van der Waals surface area contributed by atoms with Crippen LogP contribution in [0.2, 0.25) is 0 Å². The molecule has 0 aliphatic carbocycles. The Balaban J connectivity index is 2.41. The number of nitrogen functional groups attached to an aromatic ring is 1. The zero-order chi connectivity index (χ0) is 13.2. The normalized spacial score (nSPS) is 11.3. The van der Waals surface area contributed by atoms with Gasteiger partial charge >= 0.3 is 0 Å². The Labute approximate surface area is 107 Å². The molecular formula is C14H18N4. The van der Waals surface area contributed by atoms with E-state index in [0.29, 0.717) is 0 Å². The van der Waals surface area contributed by atoms with Crippen LogP contribution in [0.1, 0.15) is 20.8 Å². The molecule has 0 unspecified atom stereocenters. The maximum Gasteiger partial charge on any atom is 0.152 e. The van der Waals surface area contributed by atoms with Gasteiger partial charge in [0.25, 0.3) is 0 Å². The highest BCUT2D eigenvalue weighted by atomic mass is 15.1.